The lowest BCUT2D eigenvalue weighted by molar-refractivity contribution is 0.687. The van der Waals surface area contributed by atoms with E-state index in [0.717, 1.165) is 0 Å². The molecule has 0 radical (unpaired) electrons. The molecule has 1 rings (SSSR count). The highest BCUT2D eigenvalue weighted by Crippen LogP contribution is 2.33. The van der Waals surface area contributed by atoms with Crippen molar-refractivity contribution in [1.82, 2.24) is 0 Å². The lowest BCUT2D eigenvalue weighted by Gasteiger charge is -2.03. The molecule has 0 heterocycles. The van der Waals surface area contributed by atoms with Gasteiger partial charge in [-0.05, 0) is 12.1 Å². The molecule has 0 fully saturated rings. The first kappa shape index (κ1) is 10.3. The molecule has 0 bridgehead atoms. The summed E-state index contributed by atoms with van der Waals surface area (Å²) in [7, 11) is -1.13. The number of hydrogen-bond donors (Lipinski definition) is 0. The minimum Gasteiger partial charge on any atom is -0.255 e. The molecular formula is C7H5Cl3OS. The van der Waals surface area contributed by atoms with Crippen LogP contribution in [0.15, 0.2) is 17.0 Å². The summed E-state index contributed by atoms with van der Waals surface area (Å²) in [4.78, 5) is 0.506. The van der Waals surface area contributed by atoms with E-state index in [1.165, 1.54) is 6.26 Å². The fourth-order valence-corrected chi connectivity index (χ4v) is 2.26. The van der Waals surface area contributed by atoms with E-state index in [1.807, 2.05) is 0 Å². The number of benzene rings is 1. The van der Waals surface area contributed by atoms with Gasteiger partial charge in [0.05, 0.1) is 30.8 Å². The fraction of sp³-hybridized carbons (Fsp3) is 0.143. The van der Waals surface area contributed by atoms with Crippen LogP contribution in [0.4, 0.5) is 0 Å². The van der Waals surface area contributed by atoms with Crippen LogP contribution in [-0.2, 0) is 10.8 Å². The fourth-order valence-electron chi connectivity index (χ4n) is 0.730. The summed E-state index contributed by atoms with van der Waals surface area (Å²) >= 11 is 17.2. The SMILES string of the molecule is CS(=O)c1ccc(Cl)c(Cl)c1Cl. The summed E-state index contributed by atoms with van der Waals surface area (Å²) in [6.07, 6.45) is 1.53. The van der Waals surface area contributed by atoms with Crippen molar-refractivity contribution in [2.45, 2.75) is 4.90 Å². The average Bonchev–Trinajstić information content (AvgIpc) is 2.00. The highest BCUT2D eigenvalue weighted by Gasteiger charge is 2.10. The molecule has 0 N–H and O–H groups in total. The van der Waals surface area contributed by atoms with Crippen LogP contribution in [0, 0.1) is 0 Å². The Labute approximate surface area is 88.1 Å². The number of halogens is 3. The third kappa shape index (κ3) is 1.94. The quantitative estimate of drug-likeness (QED) is 0.691. The maximum atomic E-state index is 11.1. The Bertz CT molecular complexity index is 338. The first-order valence-corrected chi connectivity index (χ1v) is 5.70. The van der Waals surface area contributed by atoms with Crippen LogP contribution in [0.1, 0.15) is 0 Å². The topological polar surface area (TPSA) is 17.1 Å². The van der Waals surface area contributed by atoms with Gasteiger partial charge in [-0.25, -0.2) is 0 Å². The summed E-state index contributed by atoms with van der Waals surface area (Å²) < 4.78 is 11.1. The molecule has 1 unspecified atom stereocenters. The Balaban J connectivity index is 3.36. The molecule has 5 heteroatoms. The maximum Gasteiger partial charge on any atom is 0.0790 e. The van der Waals surface area contributed by atoms with Gasteiger partial charge < -0.3 is 0 Å². The predicted octanol–water partition coefficient (Wildman–Crippen LogP) is 3.38. The van der Waals surface area contributed by atoms with Crippen LogP contribution in [0.3, 0.4) is 0 Å². The normalized spacial score (nSPS) is 13.0. The smallest absolute Gasteiger partial charge is 0.0790 e. The molecule has 1 nitrogen and oxygen atoms in total. The van der Waals surface area contributed by atoms with Crippen LogP contribution >= 0.6 is 34.8 Å². The van der Waals surface area contributed by atoms with E-state index in [9.17, 15) is 4.21 Å². The molecule has 0 aliphatic carbocycles. The third-order valence-electron chi connectivity index (χ3n) is 1.31. The number of hydrogen-bond acceptors (Lipinski definition) is 1. The van der Waals surface area contributed by atoms with E-state index in [2.05, 4.69) is 0 Å². The molecule has 0 amide bonds. The summed E-state index contributed by atoms with van der Waals surface area (Å²) in [6, 6.07) is 3.18. The summed E-state index contributed by atoms with van der Waals surface area (Å²) in [5, 5.41) is 0.895. The van der Waals surface area contributed by atoms with Crippen LogP contribution in [0.25, 0.3) is 0 Å². The predicted molar refractivity (Wildman–Crippen MR) is 53.8 cm³/mol. The van der Waals surface area contributed by atoms with E-state index >= 15 is 0 Å². The second kappa shape index (κ2) is 3.97. The van der Waals surface area contributed by atoms with Crippen LogP contribution in [0.5, 0.6) is 0 Å². The highest BCUT2D eigenvalue weighted by molar-refractivity contribution is 7.84. The first-order valence-electron chi connectivity index (χ1n) is 3.01. The van der Waals surface area contributed by atoms with E-state index in [-0.39, 0.29) is 10.0 Å². The molecule has 0 aliphatic heterocycles. The van der Waals surface area contributed by atoms with Gasteiger partial charge in [0.1, 0.15) is 0 Å². The van der Waals surface area contributed by atoms with Gasteiger partial charge in [0.25, 0.3) is 0 Å². The molecule has 1 atom stereocenters. The maximum absolute atomic E-state index is 11.1. The van der Waals surface area contributed by atoms with Gasteiger partial charge in [0.2, 0.25) is 0 Å². The molecule has 0 saturated carbocycles. The molecule has 1 aromatic rings. The second-order valence-electron chi connectivity index (χ2n) is 2.13. The van der Waals surface area contributed by atoms with Gasteiger partial charge in [-0.1, -0.05) is 34.8 Å². The first-order chi connectivity index (χ1) is 5.54. The lowest BCUT2D eigenvalue weighted by Crippen LogP contribution is -1.89. The molecule has 0 aliphatic rings. The molecule has 1 aromatic carbocycles. The molecular weight excluding hydrogens is 239 g/mol. The second-order valence-corrected chi connectivity index (χ2v) is 4.64. The Morgan fingerprint density at radius 3 is 2.25 bits per heavy atom. The number of rotatable bonds is 1. The van der Waals surface area contributed by atoms with Gasteiger partial charge in [-0.15, -0.1) is 0 Å². The van der Waals surface area contributed by atoms with Crippen LogP contribution < -0.4 is 0 Å². The van der Waals surface area contributed by atoms with Crippen molar-refractivity contribution >= 4 is 45.6 Å². The monoisotopic (exact) mass is 242 g/mol. The van der Waals surface area contributed by atoms with Gasteiger partial charge in [-0.2, -0.15) is 0 Å². The molecule has 0 aromatic heterocycles. The van der Waals surface area contributed by atoms with E-state index < -0.39 is 10.8 Å². The Morgan fingerprint density at radius 2 is 1.75 bits per heavy atom. The third-order valence-corrected chi connectivity index (χ3v) is 3.67. The zero-order valence-electron chi connectivity index (χ0n) is 6.11. The minimum absolute atomic E-state index is 0.256. The lowest BCUT2D eigenvalue weighted by atomic mass is 10.4. The van der Waals surface area contributed by atoms with Gasteiger partial charge >= 0.3 is 0 Å². The minimum atomic E-state index is -1.13. The Hall–Kier alpha value is 0.240. The van der Waals surface area contributed by atoms with Crippen LogP contribution in [-0.4, -0.2) is 10.5 Å². The molecule has 0 saturated heterocycles. The molecule has 0 spiro atoms. The van der Waals surface area contributed by atoms with Gasteiger partial charge in [-0.3, -0.25) is 4.21 Å². The van der Waals surface area contributed by atoms with Gasteiger partial charge in [0.15, 0.2) is 0 Å². The van der Waals surface area contributed by atoms with Crippen molar-refractivity contribution in [1.29, 1.82) is 0 Å². The zero-order valence-corrected chi connectivity index (χ0v) is 9.19. The molecule has 12 heavy (non-hydrogen) atoms. The van der Waals surface area contributed by atoms with E-state index in [1.54, 1.807) is 12.1 Å². The van der Waals surface area contributed by atoms with Crippen molar-refractivity contribution < 1.29 is 4.21 Å². The van der Waals surface area contributed by atoms with Crippen molar-refractivity contribution in [2.24, 2.45) is 0 Å². The zero-order chi connectivity index (χ0) is 9.30. The summed E-state index contributed by atoms with van der Waals surface area (Å²) in [5.41, 5.74) is 0. The average molecular weight is 244 g/mol. The Kier molecular flexibility index (Phi) is 3.41. The Morgan fingerprint density at radius 1 is 1.17 bits per heavy atom. The van der Waals surface area contributed by atoms with Gasteiger partial charge in [0, 0.05) is 6.26 Å². The van der Waals surface area contributed by atoms with Crippen molar-refractivity contribution in [3.63, 3.8) is 0 Å². The largest absolute Gasteiger partial charge is 0.255 e. The molecule has 66 valence electrons. The van der Waals surface area contributed by atoms with E-state index in [4.69, 9.17) is 34.8 Å². The highest BCUT2D eigenvalue weighted by atomic mass is 35.5. The van der Waals surface area contributed by atoms with Crippen molar-refractivity contribution in [2.75, 3.05) is 6.26 Å². The summed E-state index contributed by atoms with van der Waals surface area (Å²) in [5.74, 6) is 0. The van der Waals surface area contributed by atoms with Crippen molar-refractivity contribution in [3.8, 4) is 0 Å². The summed E-state index contributed by atoms with van der Waals surface area (Å²) in [6.45, 7) is 0. The van der Waals surface area contributed by atoms with E-state index in [0.29, 0.717) is 9.92 Å². The van der Waals surface area contributed by atoms with Crippen molar-refractivity contribution in [3.05, 3.63) is 27.2 Å². The standard InChI is InChI=1S/C7H5Cl3OS/c1-12(11)5-3-2-4(8)6(9)7(5)10/h2-3H,1H3. The van der Waals surface area contributed by atoms with Crippen LogP contribution in [0.2, 0.25) is 15.1 Å².